The highest BCUT2D eigenvalue weighted by Gasteiger charge is 2.48. The lowest BCUT2D eigenvalue weighted by Gasteiger charge is -2.24. The first-order valence-electron chi connectivity index (χ1n) is 11.6. The zero-order chi connectivity index (χ0) is 27.4. The van der Waals surface area contributed by atoms with Crippen LogP contribution < -0.4 is 19.1 Å². The Morgan fingerprint density at radius 3 is 2.67 bits per heavy atom. The van der Waals surface area contributed by atoms with E-state index >= 15 is 0 Å². The SMILES string of the molecule is COc1cc(C2/C(=C(\O)c3ccc4c(c3)OCCO4)C(=O)C(=O)N2c2nc3ccc(F)cc3s2)cc(Br)c1O. The second kappa shape index (κ2) is 9.54. The van der Waals surface area contributed by atoms with Crippen molar-refractivity contribution in [2.24, 2.45) is 0 Å². The normalized spacial score (nSPS) is 18.1. The summed E-state index contributed by atoms with van der Waals surface area (Å²) in [5.41, 5.74) is 0.814. The van der Waals surface area contributed by atoms with Gasteiger partial charge < -0.3 is 24.4 Å². The summed E-state index contributed by atoms with van der Waals surface area (Å²) in [5, 5.41) is 22.0. The van der Waals surface area contributed by atoms with Crippen molar-refractivity contribution >= 4 is 60.1 Å². The predicted molar refractivity (Wildman–Crippen MR) is 144 cm³/mol. The summed E-state index contributed by atoms with van der Waals surface area (Å²) in [4.78, 5) is 32.7. The summed E-state index contributed by atoms with van der Waals surface area (Å²) in [6.45, 7) is 0.703. The summed E-state index contributed by atoms with van der Waals surface area (Å²) in [6, 6.07) is 10.5. The van der Waals surface area contributed by atoms with Crippen molar-refractivity contribution in [1.82, 2.24) is 4.98 Å². The number of benzene rings is 3. The van der Waals surface area contributed by atoms with E-state index in [2.05, 4.69) is 20.9 Å². The summed E-state index contributed by atoms with van der Waals surface area (Å²) in [7, 11) is 1.36. The number of halogens is 2. The number of aliphatic hydroxyl groups excluding tert-OH is 1. The molecule has 9 nitrogen and oxygen atoms in total. The van der Waals surface area contributed by atoms with Crippen LogP contribution in [-0.4, -0.2) is 47.2 Å². The van der Waals surface area contributed by atoms with Gasteiger partial charge in [0.1, 0.15) is 24.8 Å². The van der Waals surface area contributed by atoms with E-state index < -0.39 is 29.3 Å². The van der Waals surface area contributed by atoms with Gasteiger partial charge in [-0.25, -0.2) is 9.37 Å². The Morgan fingerprint density at radius 1 is 1.13 bits per heavy atom. The number of phenols is 1. The maximum Gasteiger partial charge on any atom is 0.301 e. The van der Waals surface area contributed by atoms with Crippen molar-refractivity contribution in [3.05, 3.63) is 75.5 Å². The number of aliphatic hydroxyl groups is 1. The molecule has 2 aliphatic rings. The van der Waals surface area contributed by atoms with E-state index in [4.69, 9.17) is 14.2 Å². The lowest BCUT2D eigenvalue weighted by molar-refractivity contribution is -0.132. The topological polar surface area (TPSA) is 118 Å². The van der Waals surface area contributed by atoms with E-state index in [1.54, 1.807) is 12.1 Å². The molecule has 6 rings (SSSR count). The Labute approximate surface area is 232 Å². The number of nitrogens with zero attached hydrogens (tertiary/aromatic N) is 2. The highest BCUT2D eigenvalue weighted by atomic mass is 79.9. The molecule has 1 amide bonds. The fourth-order valence-electron chi connectivity index (χ4n) is 4.59. The summed E-state index contributed by atoms with van der Waals surface area (Å²) in [5.74, 6) is -2.00. The van der Waals surface area contributed by atoms with Gasteiger partial charge in [-0.3, -0.25) is 14.5 Å². The predicted octanol–water partition coefficient (Wildman–Crippen LogP) is 5.31. The molecular formula is C27H18BrFN2O7S. The Kier molecular flexibility index (Phi) is 6.15. The average Bonchev–Trinajstić information content (AvgIpc) is 3.46. The molecule has 4 aromatic rings. The first kappa shape index (κ1) is 25.1. The number of amides is 1. The van der Waals surface area contributed by atoms with Crippen molar-refractivity contribution in [1.29, 1.82) is 0 Å². The van der Waals surface area contributed by atoms with Gasteiger partial charge in [0.25, 0.3) is 5.78 Å². The summed E-state index contributed by atoms with van der Waals surface area (Å²) < 4.78 is 31.1. The van der Waals surface area contributed by atoms with Gasteiger partial charge in [-0.2, -0.15) is 0 Å². The number of carbonyl (C=O) groups is 2. The second-order valence-electron chi connectivity index (χ2n) is 8.69. The minimum Gasteiger partial charge on any atom is -0.507 e. The van der Waals surface area contributed by atoms with Crippen LogP contribution in [0.3, 0.4) is 0 Å². The fraction of sp³-hybridized carbons (Fsp3) is 0.148. The van der Waals surface area contributed by atoms with Gasteiger partial charge in [-0.15, -0.1) is 0 Å². The van der Waals surface area contributed by atoms with E-state index in [1.807, 2.05) is 0 Å². The number of anilines is 1. The van der Waals surface area contributed by atoms with Crippen LogP contribution in [0.1, 0.15) is 17.2 Å². The highest BCUT2D eigenvalue weighted by Crippen LogP contribution is 2.47. The molecule has 2 aliphatic heterocycles. The van der Waals surface area contributed by atoms with Crippen LogP contribution in [0.2, 0.25) is 0 Å². The fourth-order valence-corrected chi connectivity index (χ4v) is 6.06. The van der Waals surface area contributed by atoms with E-state index in [0.29, 0.717) is 40.5 Å². The summed E-state index contributed by atoms with van der Waals surface area (Å²) in [6.07, 6.45) is 0. The van der Waals surface area contributed by atoms with Crippen molar-refractivity contribution < 1.29 is 38.4 Å². The van der Waals surface area contributed by atoms with Crippen molar-refractivity contribution in [2.45, 2.75) is 6.04 Å². The van der Waals surface area contributed by atoms with Gasteiger partial charge in [0, 0.05) is 5.56 Å². The molecular weight excluding hydrogens is 595 g/mol. The molecule has 3 aromatic carbocycles. The Balaban J connectivity index is 1.58. The number of aromatic nitrogens is 1. The van der Waals surface area contributed by atoms with E-state index in [-0.39, 0.29) is 32.2 Å². The molecule has 1 unspecified atom stereocenters. The number of ketones is 1. The number of hydrogen-bond acceptors (Lipinski definition) is 9. The summed E-state index contributed by atoms with van der Waals surface area (Å²) >= 11 is 4.32. The molecule has 198 valence electrons. The maximum atomic E-state index is 13.9. The van der Waals surface area contributed by atoms with E-state index in [9.17, 15) is 24.2 Å². The number of aromatic hydroxyl groups is 1. The number of hydrogen-bond donors (Lipinski definition) is 2. The largest absolute Gasteiger partial charge is 0.507 e. The first-order valence-corrected chi connectivity index (χ1v) is 13.2. The van der Waals surface area contributed by atoms with Gasteiger partial charge in [0.2, 0.25) is 0 Å². The minimum absolute atomic E-state index is 0.0793. The molecule has 1 saturated heterocycles. The second-order valence-corrected chi connectivity index (χ2v) is 10.6. The number of rotatable bonds is 4. The zero-order valence-electron chi connectivity index (χ0n) is 20.1. The smallest absolute Gasteiger partial charge is 0.301 e. The van der Waals surface area contributed by atoms with Gasteiger partial charge >= 0.3 is 5.91 Å². The number of Topliss-reactive ketones (excluding diaryl/α,β-unsaturated/α-hetero) is 1. The molecule has 1 aromatic heterocycles. The molecule has 12 heteroatoms. The molecule has 0 bridgehead atoms. The lowest BCUT2D eigenvalue weighted by Crippen LogP contribution is -2.29. The Hall–Kier alpha value is -4.16. The van der Waals surface area contributed by atoms with Crippen LogP contribution in [0, 0.1) is 5.82 Å². The third kappa shape index (κ3) is 4.16. The molecule has 0 aliphatic carbocycles. The maximum absolute atomic E-state index is 13.9. The number of thiazole rings is 1. The Bertz CT molecular complexity index is 1720. The third-order valence-corrected chi connectivity index (χ3v) is 8.01. The highest BCUT2D eigenvalue weighted by molar-refractivity contribution is 9.10. The molecule has 3 heterocycles. The van der Waals surface area contributed by atoms with E-state index in [1.165, 1.54) is 43.5 Å². The van der Waals surface area contributed by atoms with Gasteiger partial charge in [0.05, 0.1) is 33.4 Å². The molecule has 1 atom stereocenters. The standard InChI is InChI=1S/C27H18BrFN2O7S/c1-36-19-10-13(8-15(28)24(19)33)22-21(23(32)12-2-5-17-18(9-12)38-7-6-37-17)25(34)26(35)31(22)27-30-16-4-3-14(29)11-20(16)39-27/h2-5,8-11,22,32-33H,6-7H2,1H3/b23-21+. The average molecular weight is 613 g/mol. The lowest BCUT2D eigenvalue weighted by atomic mass is 9.95. The molecule has 2 N–H and O–H groups in total. The van der Waals surface area contributed by atoms with Crippen LogP contribution in [0.15, 0.2) is 58.6 Å². The number of fused-ring (bicyclic) bond motifs is 2. The molecule has 39 heavy (non-hydrogen) atoms. The molecule has 1 fully saturated rings. The van der Waals surface area contributed by atoms with Gasteiger partial charge in [-0.05, 0) is 70.0 Å². The first-order chi connectivity index (χ1) is 18.8. The van der Waals surface area contributed by atoms with Crippen LogP contribution in [0.25, 0.3) is 16.0 Å². The number of ether oxygens (including phenoxy) is 3. The van der Waals surface area contributed by atoms with Crippen LogP contribution >= 0.6 is 27.3 Å². The number of methoxy groups -OCH3 is 1. The zero-order valence-corrected chi connectivity index (χ0v) is 22.5. The third-order valence-electron chi connectivity index (χ3n) is 6.39. The van der Waals surface area contributed by atoms with Crippen LogP contribution in [-0.2, 0) is 9.59 Å². The van der Waals surface area contributed by atoms with Crippen LogP contribution in [0.4, 0.5) is 9.52 Å². The Morgan fingerprint density at radius 2 is 1.90 bits per heavy atom. The van der Waals surface area contributed by atoms with Crippen LogP contribution in [0.5, 0.6) is 23.0 Å². The molecule has 0 radical (unpaired) electrons. The number of phenolic OH excluding ortho intramolecular Hbond substituents is 1. The molecule has 0 saturated carbocycles. The van der Waals surface area contributed by atoms with Gasteiger partial charge in [0.15, 0.2) is 28.1 Å². The van der Waals surface area contributed by atoms with Gasteiger partial charge in [-0.1, -0.05) is 11.3 Å². The van der Waals surface area contributed by atoms with Crippen molar-refractivity contribution in [2.75, 3.05) is 25.2 Å². The van der Waals surface area contributed by atoms with Crippen molar-refractivity contribution in [3.8, 4) is 23.0 Å². The molecule has 0 spiro atoms. The minimum atomic E-state index is -1.16. The number of carbonyl (C=O) groups excluding carboxylic acids is 2. The van der Waals surface area contributed by atoms with E-state index in [0.717, 1.165) is 16.2 Å². The van der Waals surface area contributed by atoms with Crippen molar-refractivity contribution in [3.63, 3.8) is 0 Å². The monoisotopic (exact) mass is 612 g/mol. The quantitative estimate of drug-likeness (QED) is 0.181.